The summed E-state index contributed by atoms with van der Waals surface area (Å²) in [6.45, 7) is 1.54. The SMILES string of the molecule is O=C(O)CCC1CCCCN1C(=O)NCC1CCCC1. The molecule has 2 fully saturated rings. The van der Waals surface area contributed by atoms with Gasteiger partial charge in [0.15, 0.2) is 0 Å². The summed E-state index contributed by atoms with van der Waals surface area (Å²) in [7, 11) is 0. The van der Waals surface area contributed by atoms with Crippen molar-refractivity contribution in [2.45, 2.75) is 63.8 Å². The van der Waals surface area contributed by atoms with Gasteiger partial charge in [-0.05, 0) is 44.4 Å². The second-order valence-corrected chi connectivity index (χ2v) is 6.11. The van der Waals surface area contributed by atoms with Gasteiger partial charge >= 0.3 is 12.0 Å². The van der Waals surface area contributed by atoms with Gasteiger partial charge in [-0.1, -0.05) is 12.8 Å². The first-order chi connectivity index (χ1) is 9.66. The zero-order valence-electron chi connectivity index (χ0n) is 12.1. The van der Waals surface area contributed by atoms with Crippen molar-refractivity contribution in [3.8, 4) is 0 Å². The Morgan fingerprint density at radius 3 is 2.50 bits per heavy atom. The number of hydrogen-bond acceptors (Lipinski definition) is 2. The molecule has 0 aromatic heterocycles. The van der Waals surface area contributed by atoms with Crippen molar-refractivity contribution in [3.05, 3.63) is 0 Å². The fourth-order valence-electron chi connectivity index (χ4n) is 3.41. The molecule has 1 aliphatic heterocycles. The Kier molecular flexibility index (Phi) is 5.68. The van der Waals surface area contributed by atoms with Gasteiger partial charge in [-0.2, -0.15) is 0 Å². The van der Waals surface area contributed by atoms with E-state index in [2.05, 4.69) is 5.32 Å². The average molecular weight is 282 g/mol. The zero-order chi connectivity index (χ0) is 14.4. The van der Waals surface area contributed by atoms with Gasteiger partial charge in [0.1, 0.15) is 0 Å². The quantitative estimate of drug-likeness (QED) is 0.814. The van der Waals surface area contributed by atoms with Crippen LogP contribution in [0.5, 0.6) is 0 Å². The number of piperidine rings is 1. The summed E-state index contributed by atoms with van der Waals surface area (Å²) < 4.78 is 0. The molecule has 0 spiro atoms. The van der Waals surface area contributed by atoms with Crippen LogP contribution in [-0.2, 0) is 4.79 Å². The fraction of sp³-hybridized carbons (Fsp3) is 0.867. The predicted molar refractivity (Wildman–Crippen MR) is 76.6 cm³/mol. The maximum absolute atomic E-state index is 12.3. The van der Waals surface area contributed by atoms with Gasteiger partial charge < -0.3 is 15.3 Å². The summed E-state index contributed by atoms with van der Waals surface area (Å²) in [5.41, 5.74) is 0. The Labute approximate surface area is 120 Å². The number of amides is 2. The summed E-state index contributed by atoms with van der Waals surface area (Å²) >= 11 is 0. The third-order valence-corrected chi connectivity index (χ3v) is 4.60. The lowest BCUT2D eigenvalue weighted by molar-refractivity contribution is -0.137. The van der Waals surface area contributed by atoms with E-state index < -0.39 is 5.97 Å². The Balaban J connectivity index is 1.79. The number of aliphatic carboxylic acids is 1. The Morgan fingerprint density at radius 1 is 1.10 bits per heavy atom. The highest BCUT2D eigenvalue weighted by molar-refractivity contribution is 5.74. The summed E-state index contributed by atoms with van der Waals surface area (Å²) in [5, 5.41) is 11.8. The number of urea groups is 1. The van der Waals surface area contributed by atoms with Gasteiger partial charge in [-0.25, -0.2) is 4.79 Å². The van der Waals surface area contributed by atoms with E-state index >= 15 is 0 Å². The summed E-state index contributed by atoms with van der Waals surface area (Å²) in [4.78, 5) is 24.8. The van der Waals surface area contributed by atoms with E-state index in [0.29, 0.717) is 12.3 Å². The molecular weight excluding hydrogens is 256 g/mol. The van der Waals surface area contributed by atoms with E-state index in [0.717, 1.165) is 32.4 Å². The average Bonchev–Trinajstić information content (AvgIpc) is 2.96. The van der Waals surface area contributed by atoms with Crippen LogP contribution in [0.1, 0.15) is 57.8 Å². The molecule has 5 heteroatoms. The van der Waals surface area contributed by atoms with Crippen molar-refractivity contribution >= 4 is 12.0 Å². The standard InChI is InChI=1S/C15H26N2O3/c18-14(19)9-8-13-7-3-4-10-17(13)15(20)16-11-12-5-1-2-6-12/h12-13H,1-11H2,(H,16,20)(H,18,19). The Bertz CT molecular complexity index is 340. The molecule has 1 heterocycles. The number of carboxylic acid groups (broad SMARTS) is 1. The summed E-state index contributed by atoms with van der Waals surface area (Å²) in [6, 6.07) is 0.107. The van der Waals surface area contributed by atoms with Crippen LogP contribution in [0.15, 0.2) is 0 Å². The first kappa shape index (κ1) is 15.1. The highest BCUT2D eigenvalue weighted by Gasteiger charge is 2.27. The lowest BCUT2D eigenvalue weighted by Crippen LogP contribution is -2.49. The largest absolute Gasteiger partial charge is 0.481 e. The van der Waals surface area contributed by atoms with Crippen molar-refractivity contribution in [1.29, 1.82) is 0 Å². The van der Waals surface area contributed by atoms with E-state index in [4.69, 9.17) is 5.11 Å². The molecular formula is C15H26N2O3. The third-order valence-electron chi connectivity index (χ3n) is 4.60. The maximum Gasteiger partial charge on any atom is 0.317 e. The van der Waals surface area contributed by atoms with Crippen LogP contribution in [0.2, 0.25) is 0 Å². The number of likely N-dealkylation sites (tertiary alicyclic amines) is 1. The summed E-state index contributed by atoms with van der Waals surface area (Å²) in [6.07, 6.45) is 8.80. The zero-order valence-corrected chi connectivity index (χ0v) is 12.1. The monoisotopic (exact) mass is 282 g/mol. The van der Waals surface area contributed by atoms with Crippen LogP contribution in [-0.4, -0.2) is 41.1 Å². The number of carbonyl (C=O) groups is 2. The van der Waals surface area contributed by atoms with Crippen LogP contribution in [0.3, 0.4) is 0 Å². The van der Waals surface area contributed by atoms with E-state index in [-0.39, 0.29) is 18.5 Å². The van der Waals surface area contributed by atoms with Crippen LogP contribution in [0, 0.1) is 5.92 Å². The molecule has 1 atom stereocenters. The number of carbonyl (C=O) groups excluding carboxylic acids is 1. The number of rotatable bonds is 5. The first-order valence-electron chi connectivity index (χ1n) is 7.93. The fourth-order valence-corrected chi connectivity index (χ4v) is 3.41. The number of carboxylic acids is 1. The van der Waals surface area contributed by atoms with Crippen molar-refractivity contribution in [2.75, 3.05) is 13.1 Å². The molecule has 1 saturated carbocycles. The predicted octanol–water partition coefficient (Wildman–Crippen LogP) is 2.61. The molecule has 5 nitrogen and oxygen atoms in total. The molecule has 1 saturated heterocycles. The van der Waals surface area contributed by atoms with Crippen molar-refractivity contribution in [1.82, 2.24) is 10.2 Å². The minimum atomic E-state index is -0.776. The molecule has 0 aromatic rings. The normalized spacial score (nSPS) is 23.8. The lowest BCUT2D eigenvalue weighted by Gasteiger charge is -2.35. The molecule has 20 heavy (non-hydrogen) atoms. The third kappa shape index (κ3) is 4.39. The van der Waals surface area contributed by atoms with Gasteiger partial charge in [0, 0.05) is 25.6 Å². The van der Waals surface area contributed by atoms with Gasteiger partial charge in [-0.3, -0.25) is 4.79 Å². The second kappa shape index (κ2) is 7.50. The minimum absolute atomic E-state index is 0.00647. The van der Waals surface area contributed by atoms with Gasteiger partial charge in [0.25, 0.3) is 0 Å². The van der Waals surface area contributed by atoms with Crippen LogP contribution >= 0.6 is 0 Å². The minimum Gasteiger partial charge on any atom is -0.481 e. The number of nitrogens with zero attached hydrogens (tertiary/aromatic N) is 1. The second-order valence-electron chi connectivity index (χ2n) is 6.11. The van der Waals surface area contributed by atoms with E-state index in [1.807, 2.05) is 4.90 Å². The van der Waals surface area contributed by atoms with Gasteiger partial charge in [0.2, 0.25) is 0 Å². The Hall–Kier alpha value is -1.26. The molecule has 1 aliphatic carbocycles. The molecule has 114 valence electrons. The van der Waals surface area contributed by atoms with Crippen LogP contribution < -0.4 is 5.32 Å². The molecule has 0 aromatic carbocycles. The van der Waals surface area contributed by atoms with E-state index in [1.165, 1.54) is 25.7 Å². The topological polar surface area (TPSA) is 69.6 Å². The smallest absolute Gasteiger partial charge is 0.317 e. The van der Waals surface area contributed by atoms with Crippen LogP contribution in [0.25, 0.3) is 0 Å². The van der Waals surface area contributed by atoms with Crippen molar-refractivity contribution < 1.29 is 14.7 Å². The van der Waals surface area contributed by atoms with Gasteiger partial charge in [0.05, 0.1) is 0 Å². The molecule has 0 bridgehead atoms. The maximum atomic E-state index is 12.3. The molecule has 2 N–H and O–H groups in total. The van der Waals surface area contributed by atoms with E-state index in [9.17, 15) is 9.59 Å². The number of nitrogens with one attached hydrogen (secondary N) is 1. The highest BCUT2D eigenvalue weighted by atomic mass is 16.4. The molecule has 1 unspecified atom stereocenters. The lowest BCUT2D eigenvalue weighted by atomic mass is 9.98. The van der Waals surface area contributed by atoms with Crippen molar-refractivity contribution in [2.24, 2.45) is 5.92 Å². The molecule has 2 aliphatic rings. The molecule has 2 rings (SSSR count). The molecule has 2 amide bonds. The Morgan fingerprint density at radius 2 is 1.80 bits per heavy atom. The van der Waals surface area contributed by atoms with Crippen molar-refractivity contribution in [3.63, 3.8) is 0 Å². The van der Waals surface area contributed by atoms with Crippen LogP contribution in [0.4, 0.5) is 4.79 Å². The van der Waals surface area contributed by atoms with Gasteiger partial charge in [-0.15, -0.1) is 0 Å². The number of hydrogen-bond donors (Lipinski definition) is 2. The summed E-state index contributed by atoms with van der Waals surface area (Å²) in [5.74, 6) is -0.136. The van der Waals surface area contributed by atoms with E-state index in [1.54, 1.807) is 0 Å². The molecule has 0 radical (unpaired) electrons. The highest BCUT2D eigenvalue weighted by Crippen LogP contribution is 2.24. The first-order valence-corrected chi connectivity index (χ1v) is 7.93.